The fourth-order valence-corrected chi connectivity index (χ4v) is 2.86. The molecule has 6 nitrogen and oxygen atoms in total. The highest BCUT2D eigenvalue weighted by Gasteiger charge is 2.08. The van der Waals surface area contributed by atoms with Gasteiger partial charge in [0.25, 0.3) is 5.91 Å². The zero-order chi connectivity index (χ0) is 20.2. The quantitative estimate of drug-likeness (QED) is 0.342. The minimum absolute atomic E-state index is 0.189. The van der Waals surface area contributed by atoms with Crippen LogP contribution in [0, 0.1) is 0 Å². The third-order valence-electron chi connectivity index (χ3n) is 4.01. The van der Waals surface area contributed by atoms with E-state index in [1.165, 1.54) is 0 Å². The molecule has 2 aromatic rings. The number of methoxy groups -OCH3 is 1. The van der Waals surface area contributed by atoms with E-state index >= 15 is 0 Å². The number of guanidine groups is 1. The van der Waals surface area contributed by atoms with Gasteiger partial charge in [-0.1, -0.05) is 41.9 Å². The summed E-state index contributed by atoms with van der Waals surface area (Å²) >= 11 is 6.04. The molecule has 0 spiro atoms. The Morgan fingerprint density at radius 2 is 1.75 bits per heavy atom. The summed E-state index contributed by atoms with van der Waals surface area (Å²) in [6.45, 7) is 4.41. The average Bonchev–Trinajstić information content (AvgIpc) is 2.71. The predicted molar refractivity (Wildman–Crippen MR) is 114 cm³/mol. The van der Waals surface area contributed by atoms with Gasteiger partial charge in [0.05, 0.1) is 17.7 Å². The van der Waals surface area contributed by atoms with Crippen LogP contribution in [-0.4, -0.2) is 45.2 Å². The Labute approximate surface area is 171 Å². The van der Waals surface area contributed by atoms with Crippen molar-refractivity contribution in [1.29, 1.82) is 0 Å². The van der Waals surface area contributed by atoms with Gasteiger partial charge in [-0.05, 0) is 37.1 Å². The molecule has 0 aromatic heterocycles. The predicted octanol–water partition coefficient (Wildman–Crippen LogP) is 2.88. The number of hydrogen-bond acceptors (Lipinski definition) is 3. The number of nitrogens with one attached hydrogen (secondary N) is 3. The molecule has 0 saturated carbocycles. The number of carbonyl (C=O) groups excluding carboxylic acids is 1. The molecule has 0 unspecified atom stereocenters. The maximum absolute atomic E-state index is 12.1. The first-order valence-corrected chi connectivity index (χ1v) is 9.70. The molecule has 0 bridgehead atoms. The Morgan fingerprint density at radius 3 is 2.50 bits per heavy atom. The van der Waals surface area contributed by atoms with Crippen LogP contribution in [0.15, 0.2) is 53.5 Å². The molecular weight excluding hydrogens is 376 g/mol. The van der Waals surface area contributed by atoms with E-state index in [-0.39, 0.29) is 5.91 Å². The second kappa shape index (κ2) is 11.9. The molecule has 0 aliphatic carbocycles. The number of para-hydroxylation sites is 1. The number of amides is 1. The molecule has 0 saturated heterocycles. The molecule has 1 amide bonds. The lowest BCUT2D eigenvalue weighted by molar-refractivity contribution is 0.0954. The van der Waals surface area contributed by atoms with E-state index in [0.29, 0.717) is 36.2 Å². The highest BCUT2D eigenvalue weighted by molar-refractivity contribution is 6.33. The number of benzene rings is 2. The molecule has 0 radical (unpaired) electrons. The lowest BCUT2D eigenvalue weighted by Crippen LogP contribution is -2.41. The van der Waals surface area contributed by atoms with Gasteiger partial charge in [-0.2, -0.15) is 0 Å². The Bertz CT molecular complexity index is 795. The van der Waals surface area contributed by atoms with Crippen LogP contribution < -0.4 is 20.7 Å². The fourth-order valence-electron chi connectivity index (χ4n) is 2.64. The minimum Gasteiger partial charge on any atom is -0.496 e. The summed E-state index contributed by atoms with van der Waals surface area (Å²) in [5.41, 5.74) is 1.60. The summed E-state index contributed by atoms with van der Waals surface area (Å²) in [5, 5.41) is 9.71. The van der Waals surface area contributed by atoms with E-state index in [2.05, 4.69) is 20.9 Å². The Balaban J connectivity index is 1.79. The number of hydrogen-bond donors (Lipinski definition) is 3. The molecule has 2 aromatic carbocycles. The van der Waals surface area contributed by atoms with Crippen LogP contribution in [0.3, 0.4) is 0 Å². The number of nitrogens with zero attached hydrogens (tertiary/aromatic N) is 1. The van der Waals surface area contributed by atoms with Crippen LogP contribution in [-0.2, 0) is 6.42 Å². The number of carbonyl (C=O) groups is 1. The topological polar surface area (TPSA) is 74.8 Å². The van der Waals surface area contributed by atoms with Gasteiger partial charge in [0.1, 0.15) is 5.75 Å². The van der Waals surface area contributed by atoms with E-state index in [1.54, 1.807) is 31.4 Å². The Hall–Kier alpha value is -2.73. The zero-order valence-corrected chi connectivity index (χ0v) is 17.1. The molecule has 2 rings (SSSR count). The highest BCUT2D eigenvalue weighted by atomic mass is 35.5. The van der Waals surface area contributed by atoms with Gasteiger partial charge in [-0.3, -0.25) is 9.79 Å². The van der Waals surface area contributed by atoms with Crippen LogP contribution in [0.1, 0.15) is 22.8 Å². The lowest BCUT2D eigenvalue weighted by Gasteiger charge is -2.12. The highest BCUT2D eigenvalue weighted by Crippen LogP contribution is 2.17. The number of rotatable bonds is 9. The summed E-state index contributed by atoms with van der Waals surface area (Å²) in [4.78, 5) is 16.7. The third kappa shape index (κ3) is 6.78. The van der Waals surface area contributed by atoms with Crippen molar-refractivity contribution in [1.82, 2.24) is 16.0 Å². The van der Waals surface area contributed by atoms with E-state index in [0.717, 1.165) is 24.3 Å². The smallest absolute Gasteiger partial charge is 0.252 e. The second-order valence-corrected chi connectivity index (χ2v) is 6.39. The zero-order valence-electron chi connectivity index (χ0n) is 16.3. The molecule has 28 heavy (non-hydrogen) atoms. The largest absolute Gasteiger partial charge is 0.496 e. The third-order valence-corrected chi connectivity index (χ3v) is 4.34. The van der Waals surface area contributed by atoms with Gasteiger partial charge in [0, 0.05) is 26.2 Å². The van der Waals surface area contributed by atoms with E-state index in [4.69, 9.17) is 16.3 Å². The Kier molecular flexibility index (Phi) is 9.15. The molecule has 0 aliphatic heterocycles. The lowest BCUT2D eigenvalue weighted by atomic mass is 10.1. The van der Waals surface area contributed by atoms with E-state index in [9.17, 15) is 4.79 Å². The van der Waals surface area contributed by atoms with Crippen molar-refractivity contribution in [2.24, 2.45) is 4.99 Å². The summed E-state index contributed by atoms with van der Waals surface area (Å²) < 4.78 is 5.37. The Morgan fingerprint density at radius 1 is 1.04 bits per heavy atom. The molecule has 7 heteroatoms. The van der Waals surface area contributed by atoms with Crippen LogP contribution in [0.25, 0.3) is 0 Å². The minimum atomic E-state index is -0.189. The molecule has 150 valence electrons. The molecule has 3 N–H and O–H groups in total. The average molecular weight is 403 g/mol. The first-order chi connectivity index (χ1) is 13.7. The van der Waals surface area contributed by atoms with Crippen LogP contribution >= 0.6 is 11.6 Å². The van der Waals surface area contributed by atoms with Gasteiger partial charge in [0.2, 0.25) is 0 Å². The van der Waals surface area contributed by atoms with Gasteiger partial charge in [-0.15, -0.1) is 0 Å². The van der Waals surface area contributed by atoms with Crippen molar-refractivity contribution in [2.45, 2.75) is 13.3 Å². The van der Waals surface area contributed by atoms with Crippen LogP contribution in [0.4, 0.5) is 0 Å². The van der Waals surface area contributed by atoms with E-state index in [1.807, 2.05) is 31.2 Å². The van der Waals surface area contributed by atoms with Crippen molar-refractivity contribution in [3.8, 4) is 5.75 Å². The molecular formula is C21H27ClN4O2. The molecule has 0 atom stereocenters. The SMILES string of the molecule is CCNC(=NCCc1ccccc1OC)NCCNC(=O)c1ccccc1Cl. The van der Waals surface area contributed by atoms with E-state index < -0.39 is 0 Å². The molecule has 0 heterocycles. The summed E-state index contributed by atoms with van der Waals surface area (Å²) in [6.07, 6.45) is 0.782. The van der Waals surface area contributed by atoms with Gasteiger partial charge >= 0.3 is 0 Å². The van der Waals surface area contributed by atoms with Gasteiger partial charge in [-0.25, -0.2) is 0 Å². The maximum Gasteiger partial charge on any atom is 0.252 e. The first-order valence-electron chi connectivity index (χ1n) is 9.32. The van der Waals surface area contributed by atoms with Gasteiger partial charge in [0.15, 0.2) is 5.96 Å². The van der Waals surface area contributed by atoms with Crippen LogP contribution in [0.2, 0.25) is 5.02 Å². The van der Waals surface area contributed by atoms with Gasteiger partial charge < -0.3 is 20.7 Å². The normalized spacial score (nSPS) is 11.0. The fraction of sp³-hybridized carbons (Fsp3) is 0.333. The summed E-state index contributed by atoms with van der Waals surface area (Å²) in [6, 6.07) is 14.9. The summed E-state index contributed by atoms with van der Waals surface area (Å²) in [5.74, 6) is 1.40. The number of ether oxygens (including phenoxy) is 1. The standard InChI is InChI=1S/C21H27ClN4O2/c1-3-23-21(25-13-12-16-8-4-7-11-19(16)28-2)26-15-14-24-20(27)17-9-5-6-10-18(17)22/h4-11H,3,12-15H2,1-2H3,(H,24,27)(H2,23,25,26). The summed E-state index contributed by atoms with van der Waals surface area (Å²) in [7, 11) is 1.67. The number of halogens is 1. The monoisotopic (exact) mass is 402 g/mol. The van der Waals surface area contributed by atoms with Crippen molar-refractivity contribution in [3.63, 3.8) is 0 Å². The number of aliphatic imine (C=N–C) groups is 1. The maximum atomic E-state index is 12.1. The molecule has 0 fully saturated rings. The molecule has 0 aliphatic rings. The second-order valence-electron chi connectivity index (χ2n) is 5.99. The van der Waals surface area contributed by atoms with Crippen molar-refractivity contribution < 1.29 is 9.53 Å². The van der Waals surface area contributed by atoms with Crippen molar-refractivity contribution >= 4 is 23.5 Å². The van der Waals surface area contributed by atoms with Crippen molar-refractivity contribution in [2.75, 3.05) is 33.3 Å². The first kappa shape index (κ1) is 21.6. The van der Waals surface area contributed by atoms with Crippen LogP contribution in [0.5, 0.6) is 5.75 Å². The van der Waals surface area contributed by atoms with Crippen molar-refractivity contribution in [3.05, 3.63) is 64.7 Å².